The average molecular weight is 497 g/mol. The topological polar surface area (TPSA) is 57.2 Å². The van der Waals surface area contributed by atoms with E-state index in [1.54, 1.807) is 0 Å². The molecule has 0 radical (unpaired) electrons. The molecule has 0 unspecified atom stereocenters. The highest BCUT2D eigenvalue weighted by Gasteiger charge is 2.53. The molecule has 0 bridgehead atoms. The third kappa shape index (κ3) is 8.06. The molecule has 33 heavy (non-hydrogen) atoms. The third-order valence-electron chi connectivity index (χ3n) is 6.98. The van der Waals surface area contributed by atoms with E-state index in [0.717, 1.165) is 31.2 Å². The van der Waals surface area contributed by atoms with Crippen LogP contribution in [0.15, 0.2) is 35.2 Å². The van der Waals surface area contributed by atoms with E-state index < -0.39 is 13.9 Å². The van der Waals surface area contributed by atoms with E-state index in [0.29, 0.717) is 20.0 Å². The van der Waals surface area contributed by atoms with E-state index in [1.807, 2.05) is 31.7 Å². The van der Waals surface area contributed by atoms with Crippen LogP contribution in [0.2, 0.25) is 25.7 Å². The first-order valence-electron chi connectivity index (χ1n) is 12.3. The van der Waals surface area contributed by atoms with Gasteiger partial charge in [-0.2, -0.15) is 0 Å². The Labute approximate surface area is 205 Å². The second kappa shape index (κ2) is 11.5. The van der Waals surface area contributed by atoms with Crippen molar-refractivity contribution in [2.75, 3.05) is 32.4 Å². The zero-order valence-electron chi connectivity index (χ0n) is 21.3. The fourth-order valence-corrected chi connectivity index (χ4v) is 7.02. The van der Waals surface area contributed by atoms with Crippen molar-refractivity contribution < 1.29 is 24.1 Å². The first-order chi connectivity index (χ1) is 15.5. The monoisotopic (exact) mass is 496 g/mol. The summed E-state index contributed by atoms with van der Waals surface area (Å²) in [6.45, 7) is 15.5. The number of thioether (sulfide) groups is 1. The van der Waals surface area contributed by atoms with E-state index in [4.69, 9.17) is 18.9 Å². The molecular formula is C26H44O5SSi. The van der Waals surface area contributed by atoms with Crippen molar-refractivity contribution in [1.29, 1.82) is 0 Å². The van der Waals surface area contributed by atoms with Crippen LogP contribution in [-0.4, -0.2) is 63.5 Å². The lowest BCUT2D eigenvalue weighted by atomic mass is 9.60. The molecule has 1 saturated heterocycles. The molecule has 188 valence electrons. The van der Waals surface area contributed by atoms with Crippen LogP contribution < -0.4 is 0 Å². The summed E-state index contributed by atoms with van der Waals surface area (Å²) in [4.78, 5) is 1.23. The first kappa shape index (κ1) is 27.2. The Balaban J connectivity index is 1.67. The number of hydrogen-bond donors (Lipinski definition) is 1. The third-order valence-corrected chi connectivity index (χ3v) is 9.84. The van der Waals surface area contributed by atoms with Gasteiger partial charge in [-0.1, -0.05) is 44.8 Å². The number of ether oxygens (including phenoxy) is 4. The summed E-state index contributed by atoms with van der Waals surface area (Å²) < 4.78 is 24.2. The van der Waals surface area contributed by atoms with Crippen molar-refractivity contribution >= 4 is 19.8 Å². The van der Waals surface area contributed by atoms with E-state index in [-0.39, 0.29) is 29.5 Å². The lowest BCUT2D eigenvalue weighted by Gasteiger charge is -2.50. The van der Waals surface area contributed by atoms with Crippen molar-refractivity contribution in [1.82, 2.24) is 0 Å². The van der Waals surface area contributed by atoms with Gasteiger partial charge in [0.15, 0.2) is 5.79 Å². The Morgan fingerprint density at radius 3 is 2.48 bits per heavy atom. The zero-order chi connectivity index (χ0) is 24.1. The molecule has 5 atom stereocenters. The molecule has 7 heteroatoms. The van der Waals surface area contributed by atoms with Crippen LogP contribution in [0.1, 0.15) is 33.6 Å². The van der Waals surface area contributed by atoms with E-state index >= 15 is 0 Å². The van der Waals surface area contributed by atoms with Gasteiger partial charge in [-0.25, -0.2) is 0 Å². The normalized spacial score (nSPS) is 32.2. The molecule has 3 rings (SSSR count). The molecule has 5 nitrogen and oxygen atoms in total. The molecule has 0 aromatic heterocycles. The largest absolute Gasteiger partial charge is 0.393 e. The maximum absolute atomic E-state index is 11.1. The summed E-state index contributed by atoms with van der Waals surface area (Å²) in [7, 11) is -1.10. The summed E-state index contributed by atoms with van der Waals surface area (Å²) in [5, 5.41) is 11.1. The van der Waals surface area contributed by atoms with E-state index in [1.165, 1.54) is 4.90 Å². The maximum Gasteiger partial charge on any atom is 0.163 e. The summed E-state index contributed by atoms with van der Waals surface area (Å²) in [5.41, 5.74) is -0.113. The van der Waals surface area contributed by atoms with Gasteiger partial charge >= 0.3 is 0 Å². The molecule has 0 spiro atoms. The zero-order valence-corrected chi connectivity index (χ0v) is 23.2. The van der Waals surface area contributed by atoms with Crippen LogP contribution in [0, 0.1) is 17.3 Å². The van der Waals surface area contributed by atoms with Crippen molar-refractivity contribution in [2.24, 2.45) is 17.3 Å². The van der Waals surface area contributed by atoms with Crippen molar-refractivity contribution in [3.63, 3.8) is 0 Å². The Morgan fingerprint density at radius 2 is 1.85 bits per heavy atom. The number of benzene rings is 1. The Kier molecular flexibility index (Phi) is 9.51. The van der Waals surface area contributed by atoms with Gasteiger partial charge in [0.1, 0.15) is 6.79 Å². The summed E-state index contributed by atoms with van der Waals surface area (Å²) in [5.74, 6) is 0.499. The first-order valence-corrected chi connectivity index (χ1v) is 17.0. The van der Waals surface area contributed by atoms with E-state index in [9.17, 15) is 5.11 Å². The molecule has 1 N–H and O–H groups in total. The smallest absolute Gasteiger partial charge is 0.163 e. The molecule has 1 aromatic carbocycles. The van der Waals surface area contributed by atoms with E-state index in [2.05, 4.69) is 50.8 Å². The Hall–Kier alpha value is -0.413. The molecule has 1 heterocycles. The SMILES string of the molecule is CC1(C)OC[C@@H]([C@@H]2[C@@H](CSc3ccccc3)[C@@H](O)CC[C@@]2(C)COCOCC[Si](C)(C)C)O1. The molecule has 1 aliphatic heterocycles. The van der Waals surface area contributed by atoms with Crippen molar-refractivity contribution in [2.45, 2.75) is 82.2 Å². The van der Waals surface area contributed by atoms with Gasteiger partial charge in [0.2, 0.25) is 0 Å². The summed E-state index contributed by atoms with van der Waals surface area (Å²) in [6, 6.07) is 11.6. The van der Waals surface area contributed by atoms with Gasteiger partial charge in [0.05, 0.1) is 25.4 Å². The predicted octanol–water partition coefficient (Wildman–Crippen LogP) is 5.65. The second-order valence-corrected chi connectivity index (χ2v) is 18.3. The number of aliphatic hydroxyl groups is 1. The number of hydrogen-bond acceptors (Lipinski definition) is 6. The van der Waals surface area contributed by atoms with Gasteiger partial charge < -0.3 is 24.1 Å². The molecule has 1 aromatic rings. The van der Waals surface area contributed by atoms with Crippen molar-refractivity contribution in [3.05, 3.63) is 30.3 Å². The highest BCUT2D eigenvalue weighted by molar-refractivity contribution is 7.99. The molecular weight excluding hydrogens is 452 g/mol. The molecule has 0 amide bonds. The summed E-state index contributed by atoms with van der Waals surface area (Å²) >= 11 is 1.81. The van der Waals surface area contributed by atoms with Crippen molar-refractivity contribution in [3.8, 4) is 0 Å². The molecule has 1 aliphatic carbocycles. The number of rotatable bonds is 11. The lowest BCUT2D eigenvalue weighted by molar-refractivity contribution is -0.178. The minimum Gasteiger partial charge on any atom is -0.393 e. The quantitative estimate of drug-likeness (QED) is 0.185. The fraction of sp³-hybridized carbons (Fsp3) is 0.769. The van der Waals surface area contributed by atoms with Crippen LogP contribution in [0.4, 0.5) is 0 Å². The van der Waals surface area contributed by atoms with Crippen LogP contribution >= 0.6 is 11.8 Å². The second-order valence-electron chi connectivity index (χ2n) is 11.6. The van der Waals surface area contributed by atoms with Crippen LogP contribution in [-0.2, 0) is 18.9 Å². The highest BCUT2D eigenvalue weighted by Crippen LogP contribution is 2.50. The number of aliphatic hydroxyl groups excluding tert-OH is 1. The minimum atomic E-state index is -1.10. The molecule has 2 fully saturated rings. The van der Waals surface area contributed by atoms with Crippen LogP contribution in [0.3, 0.4) is 0 Å². The Bertz CT molecular complexity index is 725. The van der Waals surface area contributed by atoms with Crippen LogP contribution in [0.5, 0.6) is 0 Å². The average Bonchev–Trinajstić information content (AvgIpc) is 3.10. The molecule has 1 saturated carbocycles. The highest BCUT2D eigenvalue weighted by atomic mass is 32.2. The van der Waals surface area contributed by atoms with Crippen LogP contribution in [0.25, 0.3) is 0 Å². The van der Waals surface area contributed by atoms with Gasteiger partial charge in [0.25, 0.3) is 0 Å². The molecule has 2 aliphatic rings. The lowest BCUT2D eigenvalue weighted by Crippen LogP contribution is -2.53. The summed E-state index contributed by atoms with van der Waals surface area (Å²) in [6.07, 6.45) is 1.28. The van der Waals surface area contributed by atoms with Gasteiger partial charge in [-0.15, -0.1) is 11.8 Å². The van der Waals surface area contributed by atoms with Gasteiger partial charge in [-0.3, -0.25) is 0 Å². The van der Waals surface area contributed by atoms with Gasteiger partial charge in [0, 0.05) is 37.2 Å². The Morgan fingerprint density at radius 1 is 1.12 bits per heavy atom. The predicted molar refractivity (Wildman–Crippen MR) is 137 cm³/mol. The van der Waals surface area contributed by atoms with Gasteiger partial charge in [-0.05, 0) is 50.3 Å². The maximum atomic E-state index is 11.1. The fourth-order valence-electron chi connectivity index (χ4n) is 5.09. The standard InChI is InChI=1S/C26H44O5SSi/c1-25(2)30-16-23(31-25)24-21(17-32-20-10-8-7-9-11-20)22(27)12-13-26(24,3)18-29-19-28-14-15-33(4,5)6/h7-11,21-24,27H,12-19H2,1-6H3/t21-,22-,23-,24-,26-/m0/s1. The minimum absolute atomic E-state index is 0.0577.